The van der Waals surface area contributed by atoms with Crippen LogP contribution < -0.4 is 0 Å². The van der Waals surface area contributed by atoms with Gasteiger partial charge in [-0.25, -0.2) is 4.39 Å². The van der Waals surface area contributed by atoms with Crippen molar-refractivity contribution in [2.75, 3.05) is 0 Å². The number of hydrogen-bond acceptors (Lipinski definition) is 4. The van der Waals surface area contributed by atoms with Crippen molar-refractivity contribution in [3.05, 3.63) is 103 Å². The van der Waals surface area contributed by atoms with E-state index >= 15 is 0 Å². The predicted molar refractivity (Wildman–Crippen MR) is 138 cm³/mol. The first-order valence-corrected chi connectivity index (χ1v) is 11.1. The molecule has 0 fully saturated rings. The van der Waals surface area contributed by atoms with Crippen LogP contribution in [-0.2, 0) is 24.9 Å². The first-order valence-electron chi connectivity index (χ1n) is 11.1. The van der Waals surface area contributed by atoms with Crippen LogP contribution in [0.1, 0.15) is 13.8 Å². The molecule has 4 aromatic carbocycles. The van der Waals surface area contributed by atoms with E-state index in [-0.39, 0.29) is 37.5 Å². The Labute approximate surface area is 220 Å². The van der Waals surface area contributed by atoms with Crippen LogP contribution in [0.25, 0.3) is 54.9 Å². The van der Waals surface area contributed by atoms with Crippen LogP contribution in [0.4, 0.5) is 4.39 Å². The molecule has 6 rings (SSSR count). The summed E-state index contributed by atoms with van der Waals surface area (Å²) in [5.41, 5.74) is 3.89. The zero-order valence-electron chi connectivity index (χ0n) is 19.5. The van der Waals surface area contributed by atoms with Crippen molar-refractivity contribution in [2.24, 2.45) is 0 Å². The molecule has 0 amide bonds. The molecule has 0 atom stereocenters. The molecule has 0 saturated carbocycles. The molecule has 0 spiro atoms. The fraction of sp³-hybridized carbons (Fsp3) is 0.0667. The molecule has 4 nitrogen and oxygen atoms in total. The number of rotatable bonds is 2. The summed E-state index contributed by atoms with van der Waals surface area (Å²) in [6.07, 6.45) is 1.17. The Morgan fingerprint density at radius 1 is 0.944 bits per heavy atom. The number of aliphatic hydroxyl groups excluding tert-OH is 1. The number of hydrogen-bond donors (Lipinski definition) is 1. The van der Waals surface area contributed by atoms with E-state index in [2.05, 4.69) is 6.07 Å². The van der Waals surface area contributed by atoms with Gasteiger partial charge in [-0.1, -0.05) is 30.3 Å². The third kappa shape index (κ3) is 4.78. The minimum absolute atomic E-state index is 0. The van der Waals surface area contributed by atoms with Gasteiger partial charge in [0.2, 0.25) is 0 Å². The molecule has 0 bridgehead atoms. The Hall–Kier alpha value is -3.86. The van der Waals surface area contributed by atoms with Crippen LogP contribution in [0, 0.1) is 11.9 Å². The van der Waals surface area contributed by atoms with Crippen molar-refractivity contribution >= 4 is 49.4 Å². The molecular formula is C30H21FIrNO3-. The summed E-state index contributed by atoms with van der Waals surface area (Å²) in [6, 6.07) is 27.8. The van der Waals surface area contributed by atoms with Gasteiger partial charge in [-0.15, -0.1) is 35.9 Å². The first-order chi connectivity index (χ1) is 16.9. The molecule has 0 unspecified atom stereocenters. The normalized spacial score (nSPS) is 11.4. The number of allylic oxidation sites excluding steroid dienone is 2. The Morgan fingerprint density at radius 3 is 2.39 bits per heavy atom. The van der Waals surface area contributed by atoms with Crippen LogP contribution >= 0.6 is 0 Å². The second-order valence-corrected chi connectivity index (χ2v) is 8.26. The zero-order valence-corrected chi connectivity index (χ0v) is 21.9. The third-order valence-electron chi connectivity index (χ3n) is 5.63. The molecule has 0 aliphatic carbocycles. The third-order valence-corrected chi connectivity index (χ3v) is 5.63. The van der Waals surface area contributed by atoms with Crippen molar-refractivity contribution in [3.8, 4) is 11.3 Å². The van der Waals surface area contributed by atoms with Crippen LogP contribution in [0.5, 0.6) is 0 Å². The number of ketones is 1. The van der Waals surface area contributed by atoms with E-state index in [1.165, 1.54) is 32.1 Å². The molecule has 6 aromatic rings. The van der Waals surface area contributed by atoms with Gasteiger partial charge in [-0.2, -0.15) is 0 Å². The van der Waals surface area contributed by atoms with Crippen LogP contribution in [0.3, 0.4) is 0 Å². The number of pyridine rings is 1. The number of aliphatic hydroxyl groups is 1. The molecule has 36 heavy (non-hydrogen) atoms. The fourth-order valence-electron chi connectivity index (χ4n) is 4.25. The molecule has 0 aliphatic rings. The van der Waals surface area contributed by atoms with Crippen LogP contribution in [0.15, 0.2) is 95.1 Å². The van der Waals surface area contributed by atoms with E-state index in [1.54, 1.807) is 6.07 Å². The van der Waals surface area contributed by atoms with Gasteiger partial charge in [0.15, 0.2) is 5.78 Å². The maximum atomic E-state index is 14.0. The molecule has 1 radical (unpaired) electrons. The molecule has 2 aromatic heterocycles. The van der Waals surface area contributed by atoms with Gasteiger partial charge in [0.05, 0.1) is 11.3 Å². The SMILES string of the molecule is CC(=O)/C=C(/C)O.Fc1ccc2ccc3c(oc4c(-c5[c-]cccc5)nc5ccccc5c43)c2c1.[Ir]. The summed E-state index contributed by atoms with van der Waals surface area (Å²) >= 11 is 0. The molecule has 1 N–H and O–H groups in total. The number of furan rings is 1. The van der Waals surface area contributed by atoms with E-state index in [4.69, 9.17) is 14.5 Å². The Kier molecular flexibility index (Phi) is 7.29. The number of nitrogens with zero attached hydrogens (tertiary/aromatic N) is 1. The van der Waals surface area contributed by atoms with Crippen LogP contribution in [0.2, 0.25) is 0 Å². The number of para-hydroxylation sites is 1. The van der Waals surface area contributed by atoms with Gasteiger partial charge in [-0.05, 0) is 43.5 Å². The number of halogens is 1. The first kappa shape index (κ1) is 25.2. The monoisotopic (exact) mass is 655 g/mol. The predicted octanol–water partition coefficient (Wildman–Crippen LogP) is 7.93. The average Bonchev–Trinajstić information content (AvgIpc) is 3.24. The van der Waals surface area contributed by atoms with E-state index in [0.29, 0.717) is 11.2 Å². The quantitative estimate of drug-likeness (QED) is 0.117. The van der Waals surface area contributed by atoms with Gasteiger partial charge in [0.25, 0.3) is 0 Å². The van der Waals surface area contributed by atoms with Gasteiger partial charge in [-0.3, -0.25) is 9.78 Å². The smallest absolute Gasteiger partial charge is 0.155 e. The van der Waals surface area contributed by atoms with Crippen molar-refractivity contribution in [2.45, 2.75) is 13.8 Å². The fourth-order valence-corrected chi connectivity index (χ4v) is 4.25. The zero-order chi connectivity index (χ0) is 24.5. The molecule has 181 valence electrons. The van der Waals surface area contributed by atoms with Crippen molar-refractivity contribution in [1.82, 2.24) is 4.98 Å². The molecule has 6 heteroatoms. The largest absolute Gasteiger partial charge is 0.512 e. The summed E-state index contributed by atoms with van der Waals surface area (Å²) in [7, 11) is 0. The Morgan fingerprint density at radius 2 is 1.69 bits per heavy atom. The van der Waals surface area contributed by atoms with E-state index in [0.717, 1.165) is 43.7 Å². The van der Waals surface area contributed by atoms with Gasteiger partial charge < -0.3 is 9.52 Å². The van der Waals surface area contributed by atoms with Crippen molar-refractivity contribution < 1.29 is 38.8 Å². The van der Waals surface area contributed by atoms with E-state index in [9.17, 15) is 9.18 Å². The minimum Gasteiger partial charge on any atom is -0.512 e. The number of carbonyl (C=O) groups is 1. The summed E-state index contributed by atoms with van der Waals surface area (Å²) in [4.78, 5) is 14.9. The maximum Gasteiger partial charge on any atom is 0.155 e. The number of carbonyl (C=O) groups excluding carboxylic acids is 1. The van der Waals surface area contributed by atoms with Crippen LogP contribution in [-0.4, -0.2) is 15.9 Å². The Bertz CT molecular complexity index is 1750. The second kappa shape index (κ2) is 10.4. The number of benzene rings is 4. The number of aromatic nitrogens is 1. The topological polar surface area (TPSA) is 63.3 Å². The molecule has 2 heterocycles. The second-order valence-electron chi connectivity index (χ2n) is 8.26. The summed E-state index contributed by atoms with van der Waals surface area (Å²) in [5, 5.41) is 13.1. The molecule has 0 aliphatic heterocycles. The number of fused-ring (bicyclic) bond motifs is 7. The van der Waals surface area contributed by atoms with Crippen molar-refractivity contribution in [3.63, 3.8) is 0 Å². The van der Waals surface area contributed by atoms with E-state index < -0.39 is 0 Å². The summed E-state index contributed by atoms with van der Waals surface area (Å²) < 4.78 is 20.3. The van der Waals surface area contributed by atoms with Gasteiger partial charge >= 0.3 is 0 Å². The average molecular weight is 655 g/mol. The molecular weight excluding hydrogens is 634 g/mol. The summed E-state index contributed by atoms with van der Waals surface area (Å²) in [5.74, 6) is -0.340. The Balaban J connectivity index is 0.000000338. The van der Waals surface area contributed by atoms with Gasteiger partial charge in [0, 0.05) is 53.4 Å². The molecule has 0 saturated heterocycles. The summed E-state index contributed by atoms with van der Waals surface area (Å²) in [6.45, 7) is 2.85. The van der Waals surface area contributed by atoms with Crippen molar-refractivity contribution in [1.29, 1.82) is 0 Å². The van der Waals surface area contributed by atoms with E-state index in [1.807, 2.05) is 60.7 Å². The minimum atomic E-state index is -0.278. The maximum absolute atomic E-state index is 14.0. The van der Waals surface area contributed by atoms with Gasteiger partial charge in [0.1, 0.15) is 17.0 Å². The standard InChI is InChI=1S/C25H13FNO.C5H8O2.Ir/c26-17-12-10-15-11-13-19-22-18-8-4-5-9-21(18)27-23(16-6-2-1-3-7-16)25(22)28-24(19)20(15)14-17;1-4(6)3-5(2)7;/h1-6,8-14H;3,6H,1-2H3;/q-1;;/b;4-3-;.